The lowest BCUT2D eigenvalue weighted by molar-refractivity contribution is -0.118. The molecular formula is C18H20N2O4. The van der Waals surface area contributed by atoms with Crippen molar-refractivity contribution in [1.29, 1.82) is 0 Å². The number of methoxy groups -OCH3 is 1. The number of ether oxygens (including phenoxy) is 3. The standard InChI is InChI=1S/C18H20N2O4/c1-20-9-10-23-15-8-7-13(11-14(15)20)19-18(21)12-24-17-6-4-3-5-16(17)22-2/h3-8,11H,9-10,12H2,1-2H3,(H,19,21). The van der Waals surface area contributed by atoms with Gasteiger partial charge in [0.25, 0.3) is 5.91 Å². The Hall–Kier alpha value is -2.89. The minimum atomic E-state index is -0.236. The largest absolute Gasteiger partial charge is 0.493 e. The van der Waals surface area contributed by atoms with Gasteiger partial charge in [0.05, 0.1) is 19.3 Å². The predicted molar refractivity (Wildman–Crippen MR) is 92.3 cm³/mol. The number of amides is 1. The van der Waals surface area contributed by atoms with E-state index in [4.69, 9.17) is 14.2 Å². The Balaban J connectivity index is 1.62. The summed E-state index contributed by atoms with van der Waals surface area (Å²) in [5.74, 6) is 1.72. The van der Waals surface area contributed by atoms with Crippen molar-refractivity contribution < 1.29 is 19.0 Å². The lowest BCUT2D eigenvalue weighted by Crippen LogP contribution is -2.29. The highest BCUT2D eigenvalue weighted by molar-refractivity contribution is 5.92. The monoisotopic (exact) mass is 328 g/mol. The minimum absolute atomic E-state index is 0.0935. The maximum absolute atomic E-state index is 12.1. The Bertz CT molecular complexity index is 733. The third-order valence-electron chi connectivity index (χ3n) is 3.77. The second-order valence-electron chi connectivity index (χ2n) is 5.44. The number of para-hydroxylation sites is 2. The van der Waals surface area contributed by atoms with Gasteiger partial charge in [0, 0.05) is 12.7 Å². The lowest BCUT2D eigenvalue weighted by atomic mass is 10.2. The summed E-state index contributed by atoms with van der Waals surface area (Å²) in [5.41, 5.74) is 1.67. The Labute approximate surface area is 140 Å². The number of fused-ring (bicyclic) bond motifs is 1. The average molecular weight is 328 g/mol. The van der Waals surface area contributed by atoms with Crippen molar-refractivity contribution in [2.75, 3.05) is 44.1 Å². The molecule has 1 heterocycles. The summed E-state index contributed by atoms with van der Waals surface area (Å²) >= 11 is 0. The Morgan fingerprint density at radius 2 is 2.04 bits per heavy atom. The first-order chi connectivity index (χ1) is 11.7. The molecule has 0 bridgehead atoms. The van der Waals surface area contributed by atoms with Gasteiger partial charge in [0.2, 0.25) is 0 Å². The summed E-state index contributed by atoms with van der Waals surface area (Å²) in [6.07, 6.45) is 0. The van der Waals surface area contributed by atoms with Crippen LogP contribution >= 0.6 is 0 Å². The number of benzene rings is 2. The van der Waals surface area contributed by atoms with Crippen molar-refractivity contribution >= 4 is 17.3 Å². The van der Waals surface area contributed by atoms with Gasteiger partial charge < -0.3 is 24.4 Å². The molecule has 0 saturated carbocycles. The molecule has 6 nitrogen and oxygen atoms in total. The molecule has 0 radical (unpaired) electrons. The first-order valence-electron chi connectivity index (χ1n) is 7.71. The molecule has 0 aromatic heterocycles. The van der Waals surface area contributed by atoms with Crippen LogP contribution < -0.4 is 24.4 Å². The van der Waals surface area contributed by atoms with E-state index in [1.54, 1.807) is 19.2 Å². The Morgan fingerprint density at radius 3 is 2.83 bits per heavy atom. The second-order valence-corrected chi connectivity index (χ2v) is 5.44. The van der Waals surface area contributed by atoms with E-state index in [-0.39, 0.29) is 12.5 Å². The molecular weight excluding hydrogens is 308 g/mol. The van der Waals surface area contributed by atoms with Gasteiger partial charge in [-0.15, -0.1) is 0 Å². The minimum Gasteiger partial charge on any atom is -0.493 e. The molecule has 1 amide bonds. The number of hydrogen-bond acceptors (Lipinski definition) is 5. The summed E-state index contributed by atoms with van der Waals surface area (Å²) in [7, 11) is 3.56. The van der Waals surface area contributed by atoms with E-state index < -0.39 is 0 Å². The van der Waals surface area contributed by atoms with Crippen molar-refractivity contribution in [2.45, 2.75) is 0 Å². The molecule has 0 saturated heterocycles. The molecule has 2 aromatic carbocycles. The molecule has 0 unspecified atom stereocenters. The third-order valence-corrected chi connectivity index (χ3v) is 3.77. The fourth-order valence-electron chi connectivity index (χ4n) is 2.51. The normalized spacial score (nSPS) is 12.8. The first-order valence-corrected chi connectivity index (χ1v) is 7.71. The zero-order valence-corrected chi connectivity index (χ0v) is 13.7. The number of carbonyl (C=O) groups excluding carboxylic acids is 1. The number of anilines is 2. The lowest BCUT2D eigenvalue weighted by Gasteiger charge is -2.28. The second kappa shape index (κ2) is 7.12. The van der Waals surface area contributed by atoms with Crippen LogP contribution in [0.3, 0.4) is 0 Å². The maximum atomic E-state index is 12.1. The molecule has 2 aromatic rings. The SMILES string of the molecule is COc1ccccc1OCC(=O)Nc1ccc2c(c1)N(C)CCO2. The molecule has 126 valence electrons. The summed E-state index contributed by atoms with van der Waals surface area (Å²) in [6.45, 7) is 1.40. The molecule has 3 rings (SSSR count). The van der Waals surface area contributed by atoms with Gasteiger partial charge in [-0.2, -0.15) is 0 Å². The molecule has 0 atom stereocenters. The van der Waals surface area contributed by atoms with Gasteiger partial charge in [0.1, 0.15) is 12.4 Å². The van der Waals surface area contributed by atoms with Gasteiger partial charge in [-0.1, -0.05) is 12.1 Å². The van der Waals surface area contributed by atoms with Crippen molar-refractivity contribution in [2.24, 2.45) is 0 Å². The molecule has 1 aliphatic rings. The predicted octanol–water partition coefficient (Wildman–Crippen LogP) is 2.54. The molecule has 1 N–H and O–H groups in total. The fraction of sp³-hybridized carbons (Fsp3) is 0.278. The zero-order valence-electron chi connectivity index (χ0n) is 13.7. The number of hydrogen-bond donors (Lipinski definition) is 1. The van der Waals surface area contributed by atoms with Crippen LogP contribution in [0.2, 0.25) is 0 Å². The Kier molecular flexibility index (Phi) is 4.74. The van der Waals surface area contributed by atoms with Crippen LogP contribution in [0.4, 0.5) is 11.4 Å². The van der Waals surface area contributed by atoms with Gasteiger partial charge in [-0.25, -0.2) is 0 Å². The zero-order chi connectivity index (χ0) is 16.9. The molecule has 6 heteroatoms. The highest BCUT2D eigenvalue weighted by Gasteiger charge is 2.16. The van der Waals surface area contributed by atoms with E-state index in [1.165, 1.54) is 0 Å². The first kappa shape index (κ1) is 16.0. The smallest absolute Gasteiger partial charge is 0.262 e. The molecule has 24 heavy (non-hydrogen) atoms. The van der Waals surface area contributed by atoms with E-state index in [0.29, 0.717) is 23.8 Å². The van der Waals surface area contributed by atoms with E-state index in [2.05, 4.69) is 10.2 Å². The summed E-state index contributed by atoms with van der Waals surface area (Å²) in [4.78, 5) is 14.2. The van der Waals surface area contributed by atoms with Crippen molar-refractivity contribution in [1.82, 2.24) is 0 Å². The van der Waals surface area contributed by atoms with Crippen LogP contribution in [-0.4, -0.2) is 39.8 Å². The van der Waals surface area contributed by atoms with E-state index in [0.717, 1.165) is 18.0 Å². The highest BCUT2D eigenvalue weighted by Crippen LogP contribution is 2.33. The Morgan fingerprint density at radius 1 is 1.25 bits per heavy atom. The number of carbonyl (C=O) groups is 1. The maximum Gasteiger partial charge on any atom is 0.262 e. The number of likely N-dealkylation sites (N-methyl/N-ethyl adjacent to an activating group) is 1. The summed E-state index contributed by atoms with van der Waals surface area (Å²) in [5, 5.41) is 2.83. The van der Waals surface area contributed by atoms with Crippen LogP contribution in [0.5, 0.6) is 17.2 Å². The van der Waals surface area contributed by atoms with Crippen molar-refractivity contribution in [3.63, 3.8) is 0 Å². The topological polar surface area (TPSA) is 60.0 Å². The average Bonchev–Trinajstić information content (AvgIpc) is 2.61. The number of nitrogens with zero attached hydrogens (tertiary/aromatic N) is 1. The number of nitrogens with one attached hydrogen (secondary N) is 1. The molecule has 1 aliphatic heterocycles. The van der Waals surface area contributed by atoms with Gasteiger partial charge in [0.15, 0.2) is 18.1 Å². The van der Waals surface area contributed by atoms with Crippen LogP contribution in [0.15, 0.2) is 42.5 Å². The van der Waals surface area contributed by atoms with Gasteiger partial charge in [-0.3, -0.25) is 4.79 Å². The summed E-state index contributed by atoms with van der Waals surface area (Å²) < 4.78 is 16.3. The fourth-order valence-corrected chi connectivity index (χ4v) is 2.51. The number of rotatable bonds is 5. The molecule has 0 spiro atoms. The third kappa shape index (κ3) is 3.53. The molecule has 0 aliphatic carbocycles. The van der Waals surface area contributed by atoms with Crippen molar-refractivity contribution in [3.8, 4) is 17.2 Å². The van der Waals surface area contributed by atoms with Crippen LogP contribution in [-0.2, 0) is 4.79 Å². The van der Waals surface area contributed by atoms with Crippen LogP contribution in [0.25, 0.3) is 0 Å². The highest BCUT2D eigenvalue weighted by atomic mass is 16.5. The van der Waals surface area contributed by atoms with E-state index in [1.807, 2.05) is 37.4 Å². The van der Waals surface area contributed by atoms with Crippen molar-refractivity contribution in [3.05, 3.63) is 42.5 Å². The van der Waals surface area contributed by atoms with Crippen LogP contribution in [0, 0.1) is 0 Å². The van der Waals surface area contributed by atoms with Gasteiger partial charge >= 0.3 is 0 Å². The van der Waals surface area contributed by atoms with Crippen LogP contribution in [0.1, 0.15) is 0 Å². The summed E-state index contributed by atoms with van der Waals surface area (Å²) in [6, 6.07) is 12.8. The van der Waals surface area contributed by atoms with E-state index in [9.17, 15) is 4.79 Å². The van der Waals surface area contributed by atoms with E-state index >= 15 is 0 Å². The van der Waals surface area contributed by atoms with Gasteiger partial charge in [-0.05, 0) is 30.3 Å². The molecule has 0 fully saturated rings. The quantitative estimate of drug-likeness (QED) is 0.914.